The number of hydrogen-bond donors (Lipinski definition) is 1. The van der Waals surface area contributed by atoms with E-state index in [9.17, 15) is 31.2 Å². The molecule has 1 N–H and O–H groups in total. The Bertz CT molecular complexity index is 791. The number of likely N-dealkylation sites (tertiary alicyclic amines) is 1. The van der Waals surface area contributed by atoms with E-state index in [1.54, 1.807) is 0 Å². The summed E-state index contributed by atoms with van der Waals surface area (Å²) in [6.07, 6.45) is -4.30. The maximum absolute atomic E-state index is 12.8. The van der Waals surface area contributed by atoms with Crippen LogP contribution in [0.4, 0.5) is 13.2 Å². The summed E-state index contributed by atoms with van der Waals surface area (Å²) in [7, 11) is -3.88. The molecule has 1 amide bonds. The Balaban J connectivity index is 1.89. The van der Waals surface area contributed by atoms with Gasteiger partial charge in [0.15, 0.2) is 5.78 Å². The summed E-state index contributed by atoms with van der Waals surface area (Å²) in [4.78, 5) is 24.4. The summed E-state index contributed by atoms with van der Waals surface area (Å²) in [5.74, 6) is -2.25. The Kier molecular flexibility index (Phi) is 6.63. The van der Waals surface area contributed by atoms with Gasteiger partial charge in [0.1, 0.15) is 0 Å². The van der Waals surface area contributed by atoms with Gasteiger partial charge in [0, 0.05) is 31.6 Å². The smallest absolute Gasteiger partial charge is 0.342 e. The van der Waals surface area contributed by atoms with Gasteiger partial charge in [-0.3, -0.25) is 9.59 Å². The Morgan fingerprint density at radius 1 is 1.22 bits per heavy atom. The molecule has 2 rings (SSSR count). The number of Topliss-reactive ketones (excluding diaryl/α,β-unsaturated/α-hetero) is 1. The van der Waals surface area contributed by atoms with Crippen molar-refractivity contribution < 1.29 is 31.2 Å². The highest BCUT2D eigenvalue weighted by Crippen LogP contribution is 2.33. The fourth-order valence-corrected chi connectivity index (χ4v) is 3.91. The lowest BCUT2D eigenvalue weighted by atomic mass is 9.97. The van der Waals surface area contributed by atoms with Crippen LogP contribution in [0.25, 0.3) is 0 Å². The lowest BCUT2D eigenvalue weighted by molar-refractivity contribution is -0.188. The summed E-state index contributed by atoms with van der Waals surface area (Å²) < 4.78 is 65.0. The number of piperidine rings is 1. The first kappa shape index (κ1) is 21.4. The van der Waals surface area contributed by atoms with Gasteiger partial charge in [-0.25, -0.2) is 13.1 Å². The zero-order chi connectivity index (χ0) is 20.2. The summed E-state index contributed by atoms with van der Waals surface area (Å²) in [6.45, 7) is 0.992. The zero-order valence-corrected chi connectivity index (χ0v) is 15.6. The molecular weight excluding hydrogens is 385 g/mol. The lowest BCUT2D eigenvalue weighted by Crippen LogP contribution is -2.45. The van der Waals surface area contributed by atoms with Crippen LogP contribution in [-0.2, 0) is 14.8 Å². The second-order valence-corrected chi connectivity index (χ2v) is 8.22. The van der Waals surface area contributed by atoms with Crippen molar-refractivity contribution in [1.29, 1.82) is 0 Å². The lowest BCUT2D eigenvalue weighted by Gasteiger charge is -2.33. The molecule has 1 heterocycles. The van der Waals surface area contributed by atoms with Gasteiger partial charge in [-0.1, -0.05) is 12.1 Å². The average Bonchev–Trinajstić information content (AvgIpc) is 2.61. The van der Waals surface area contributed by atoms with E-state index in [4.69, 9.17) is 0 Å². The third-order valence-corrected chi connectivity index (χ3v) is 5.92. The molecule has 6 nitrogen and oxygen atoms in total. The number of amides is 1. The molecule has 1 aliphatic heterocycles. The minimum Gasteiger partial charge on any atom is -0.342 e. The number of carbonyl (C=O) groups excluding carboxylic acids is 2. The predicted molar refractivity (Wildman–Crippen MR) is 91.6 cm³/mol. The number of sulfonamides is 1. The summed E-state index contributed by atoms with van der Waals surface area (Å²) in [5.41, 5.74) is 0.369. The van der Waals surface area contributed by atoms with E-state index >= 15 is 0 Å². The van der Waals surface area contributed by atoms with Crippen molar-refractivity contribution in [2.75, 3.05) is 19.6 Å². The van der Waals surface area contributed by atoms with Gasteiger partial charge in [-0.2, -0.15) is 13.2 Å². The molecule has 0 bridgehead atoms. The van der Waals surface area contributed by atoms with Gasteiger partial charge in [-0.05, 0) is 31.9 Å². The molecule has 0 spiro atoms. The van der Waals surface area contributed by atoms with Crippen LogP contribution in [0.1, 0.15) is 36.5 Å². The van der Waals surface area contributed by atoms with E-state index < -0.39 is 28.0 Å². The van der Waals surface area contributed by atoms with Crippen LogP contribution in [0.15, 0.2) is 29.2 Å². The second-order valence-electron chi connectivity index (χ2n) is 6.45. The van der Waals surface area contributed by atoms with Gasteiger partial charge in [-0.15, -0.1) is 0 Å². The molecule has 27 heavy (non-hydrogen) atoms. The van der Waals surface area contributed by atoms with Crippen molar-refractivity contribution in [1.82, 2.24) is 9.62 Å². The Morgan fingerprint density at radius 3 is 2.41 bits per heavy atom. The number of alkyl halides is 3. The number of rotatable bonds is 6. The number of hydrogen-bond acceptors (Lipinski definition) is 4. The van der Waals surface area contributed by atoms with E-state index in [1.807, 2.05) is 0 Å². The Hall–Kier alpha value is -1.94. The van der Waals surface area contributed by atoms with E-state index in [-0.39, 0.29) is 49.6 Å². The molecule has 150 valence electrons. The topological polar surface area (TPSA) is 83.5 Å². The second kappa shape index (κ2) is 8.39. The van der Waals surface area contributed by atoms with Crippen LogP contribution in [0.3, 0.4) is 0 Å². The van der Waals surface area contributed by atoms with Crippen LogP contribution in [0.5, 0.6) is 0 Å². The van der Waals surface area contributed by atoms with Crippen LogP contribution in [0.2, 0.25) is 0 Å². The largest absolute Gasteiger partial charge is 0.393 e. The van der Waals surface area contributed by atoms with E-state index in [0.29, 0.717) is 5.56 Å². The fraction of sp³-hybridized carbons (Fsp3) is 0.529. The highest BCUT2D eigenvalue weighted by atomic mass is 32.2. The van der Waals surface area contributed by atoms with Gasteiger partial charge in [0.25, 0.3) is 0 Å². The Labute approximate surface area is 155 Å². The van der Waals surface area contributed by atoms with Crippen LogP contribution in [-0.4, -0.2) is 50.8 Å². The molecule has 10 heteroatoms. The number of benzene rings is 1. The van der Waals surface area contributed by atoms with Gasteiger partial charge >= 0.3 is 6.18 Å². The van der Waals surface area contributed by atoms with Crippen molar-refractivity contribution >= 4 is 21.7 Å². The van der Waals surface area contributed by atoms with Crippen LogP contribution >= 0.6 is 0 Å². The molecular formula is C17H21F3N2O4S. The highest BCUT2D eigenvalue weighted by molar-refractivity contribution is 7.89. The van der Waals surface area contributed by atoms with E-state index in [2.05, 4.69) is 4.72 Å². The molecule has 0 saturated carbocycles. The summed E-state index contributed by atoms with van der Waals surface area (Å²) in [6, 6.07) is 5.32. The summed E-state index contributed by atoms with van der Waals surface area (Å²) >= 11 is 0. The molecule has 0 aliphatic carbocycles. The zero-order valence-electron chi connectivity index (χ0n) is 14.8. The standard InChI is InChI=1S/C17H21F3N2O4S/c1-12(23)13-4-6-15(7-5-13)27(25,26)21-9-8-16(24)22-10-2-3-14(11-22)17(18,19)20/h4-7,14,21H,2-3,8-11H2,1H3. The minimum absolute atomic E-state index is 0.00380. The van der Waals surface area contributed by atoms with Gasteiger partial charge < -0.3 is 4.90 Å². The predicted octanol–water partition coefficient (Wildman–Crippen LogP) is 2.36. The number of nitrogens with zero attached hydrogens (tertiary/aromatic N) is 1. The SMILES string of the molecule is CC(=O)c1ccc(S(=O)(=O)NCCC(=O)N2CCCC(C(F)(F)F)C2)cc1. The number of halogens is 3. The molecule has 1 unspecified atom stereocenters. The first-order valence-corrected chi connectivity index (χ1v) is 9.94. The first-order chi connectivity index (χ1) is 12.5. The fourth-order valence-electron chi connectivity index (χ4n) is 2.87. The minimum atomic E-state index is -4.34. The molecule has 1 aromatic carbocycles. The van der Waals surface area contributed by atoms with E-state index in [1.165, 1.54) is 31.2 Å². The van der Waals surface area contributed by atoms with Crippen molar-refractivity contribution in [2.45, 2.75) is 37.3 Å². The van der Waals surface area contributed by atoms with Gasteiger partial charge in [0.2, 0.25) is 15.9 Å². The Morgan fingerprint density at radius 2 is 1.85 bits per heavy atom. The monoisotopic (exact) mass is 406 g/mol. The average molecular weight is 406 g/mol. The van der Waals surface area contributed by atoms with Crippen molar-refractivity contribution in [3.05, 3.63) is 29.8 Å². The highest BCUT2D eigenvalue weighted by Gasteiger charge is 2.42. The molecule has 0 radical (unpaired) electrons. The molecule has 1 fully saturated rings. The third kappa shape index (κ3) is 5.77. The van der Waals surface area contributed by atoms with Gasteiger partial charge in [0.05, 0.1) is 10.8 Å². The maximum Gasteiger partial charge on any atom is 0.393 e. The molecule has 0 aromatic heterocycles. The van der Waals surface area contributed by atoms with E-state index in [0.717, 1.165) is 4.90 Å². The van der Waals surface area contributed by atoms with Crippen molar-refractivity contribution in [3.8, 4) is 0 Å². The molecule has 1 aromatic rings. The van der Waals surface area contributed by atoms with Crippen LogP contribution < -0.4 is 4.72 Å². The van der Waals surface area contributed by atoms with Crippen LogP contribution in [0, 0.1) is 5.92 Å². The molecule has 1 atom stereocenters. The number of nitrogens with one attached hydrogen (secondary N) is 1. The molecule has 1 aliphatic rings. The summed E-state index contributed by atoms with van der Waals surface area (Å²) in [5, 5.41) is 0. The first-order valence-electron chi connectivity index (χ1n) is 8.46. The van der Waals surface area contributed by atoms with Crippen molar-refractivity contribution in [3.63, 3.8) is 0 Å². The molecule has 1 saturated heterocycles. The quantitative estimate of drug-likeness (QED) is 0.735. The number of ketones is 1. The normalized spacial score (nSPS) is 18.4. The van der Waals surface area contributed by atoms with Crippen molar-refractivity contribution in [2.24, 2.45) is 5.92 Å². The number of carbonyl (C=O) groups is 2. The third-order valence-electron chi connectivity index (χ3n) is 4.44. The maximum atomic E-state index is 12.8.